The molecule has 0 aliphatic heterocycles. The molecule has 0 aliphatic rings. The van der Waals surface area contributed by atoms with Crippen molar-refractivity contribution < 1.29 is 19.1 Å². The number of hydrogen-bond donors (Lipinski definition) is 0. The molecule has 4 heteroatoms. The summed E-state index contributed by atoms with van der Waals surface area (Å²) < 4.78 is 11.7. The molecule has 2 aromatic carbocycles. The first-order chi connectivity index (χ1) is 13.0. The van der Waals surface area contributed by atoms with Crippen LogP contribution in [0.4, 0.5) is 0 Å². The fourth-order valence-corrected chi connectivity index (χ4v) is 3.03. The number of benzene rings is 2. The van der Waals surface area contributed by atoms with Crippen molar-refractivity contribution in [1.29, 1.82) is 0 Å². The summed E-state index contributed by atoms with van der Waals surface area (Å²) in [5.74, 6) is -2.39. The minimum atomic E-state index is -1.30. The lowest BCUT2D eigenvalue weighted by Crippen LogP contribution is -2.45. The van der Waals surface area contributed by atoms with Gasteiger partial charge in [-0.2, -0.15) is 0 Å². The summed E-state index contributed by atoms with van der Waals surface area (Å²) >= 11 is 0. The van der Waals surface area contributed by atoms with Crippen LogP contribution < -0.4 is 0 Å². The summed E-state index contributed by atoms with van der Waals surface area (Å²) in [6.45, 7) is 5.95. The van der Waals surface area contributed by atoms with E-state index < -0.39 is 17.7 Å². The molecule has 0 amide bonds. The molecule has 2 aromatic rings. The third kappa shape index (κ3) is 5.43. The Bertz CT molecular complexity index is 671. The van der Waals surface area contributed by atoms with Gasteiger partial charge in [-0.1, -0.05) is 70.0 Å². The number of carbonyl (C=O) groups excluding carboxylic acids is 2. The van der Waals surface area contributed by atoms with E-state index in [0.717, 1.165) is 19.3 Å². The molecule has 0 aliphatic carbocycles. The summed E-state index contributed by atoms with van der Waals surface area (Å²) in [7, 11) is 0. The van der Waals surface area contributed by atoms with Crippen LogP contribution in [0.3, 0.4) is 0 Å². The third-order valence-electron chi connectivity index (χ3n) is 4.78. The first kappa shape index (κ1) is 20.7. The van der Waals surface area contributed by atoms with Gasteiger partial charge in [-0.15, -0.1) is 0 Å². The van der Waals surface area contributed by atoms with E-state index >= 15 is 0 Å². The van der Waals surface area contributed by atoms with Crippen LogP contribution in [-0.4, -0.2) is 17.7 Å². The lowest BCUT2D eigenvalue weighted by atomic mass is 9.92. The topological polar surface area (TPSA) is 52.6 Å². The molecule has 0 bridgehead atoms. The van der Waals surface area contributed by atoms with Gasteiger partial charge in [0.05, 0.1) is 11.1 Å². The van der Waals surface area contributed by atoms with Gasteiger partial charge in [-0.25, -0.2) is 9.59 Å². The fraction of sp³-hybridized carbons (Fsp3) is 0.391. The van der Waals surface area contributed by atoms with Gasteiger partial charge in [0, 0.05) is 12.3 Å². The second-order valence-electron chi connectivity index (χ2n) is 6.72. The summed E-state index contributed by atoms with van der Waals surface area (Å²) in [5.41, 5.74) is 0.877. The van der Waals surface area contributed by atoms with Crippen LogP contribution in [0.2, 0.25) is 0 Å². The molecule has 0 fully saturated rings. The first-order valence-electron chi connectivity index (χ1n) is 9.59. The van der Waals surface area contributed by atoms with E-state index in [4.69, 9.17) is 9.47 Å². The molecule has 0 radical (unpaired) electrons. The van der Waals surface area contributed by atoms with Crippen molar-refractivity contribution in [3.63, 3.8) is 0 Å². The maximum absolute atomic E-state index is 12.7. The Morgan fingerprint density at radius 1 is 0.852 bits per heavy atom. The Labute approximate surface area is 161 Å². The Kier molecular flexibility index (Phi) is 7.59. The molecule has 0 spiro atoms. The lowest BCUT2D eigenvalue weighted by molar-refractivity contribution is -0.202. The molecule has 1 unspecified atom stereocenters. The summed E-state index contributed by atoms with van der Waals surface area (Å²) in [5, 5.41) is 0. The molecule has 4 nitrogen and oxygen atoms in total. The van der Waals surface area contributed by atoms with Gasteiger partial charge >= 0.3 is 11.9 Å². The van der Waals surface area contributed by atoms with Crippen molar-refractivity contribution in [2.75, 3.05) is 0 Å². The number of rotatable bonds is 9. The molecule has 0 aromatic heterocycles. The predicted octanol–water partition coefficient (Wildman–Crippen LogP) is 5.63. The molecular formula is C23H28O4. The van der Waals surface area contributed by atoms with E-state index in [1.165, 1.54) is 0 Å². The van der Waals surface area contributed by atoms with Gasteiger partial charge in [0.25, 0.3) is 5.79 Å². The van der Waals surface area contributed by atoms with Crippen molar-refractivity contribution in [1.82, 2.24) is 0 Å². The van der Waals surface area contributed by atoms with Crippen molar-refractivity contribution in [2.45, 2.75) is 52.2 Å². The van der Waals surface area contributed by atoms with Crippen LogP contribution in [0.5, 0.6) is 0 Å². The van der Waals surface area contributed by atoms with Gasteiger partial charge in [0.15, 0.2) is 0 Å². The smallest absolute Gasteiger partial charge is 0.341 e. The zero-order valence-electron chi connectivity index (χ0n) is 16.3. The first-order valence-corrected chi connectivity index (χ1v) is 9.59. The van der Waals surface area contributed by atoms with Crippen LogP contribution in [0.25, 0.3) is 0 Å². The highest BCUT2D eigenvalue weighted by Crippen LogP contribution is 2.33. The summed E-state index contributed by atoms with van der Waals surface area (Å²) in [6, 6.07) is 17.6. The Hall–Kier alpha value is -2.62. The van der Waals surface area contributed by atoms with E-state index in [2.05, 4.69) is 6.92 Å². The molecule has 144 valence electrons. The highest BCUT2D eigenvalue weighted by molar-refractivity contribution is 5.91. The quantitative estimate of drug-likeness (QED) is 0.425. The number of unbranched alkanes of at least 4 members (excludes halogenated alkanes) is 1. The Morgan fingerprint density at radius 3 is 1.67 bits per heavy atom. The zero-order valence-corrected chi connectivity index (χ0v) is 16.3. The zero-order chi connectivity index (χ0) is 19.7. The maximum atomic E-state index is 12.7. The van der Waals surface area contributed by atoms with Crippen LogP contribution in [0, 0.1) is 5.92 Å². The van der Waals surface area contributed by atoms with Gasteiger partial charge in [0.1, 0.15) is 0 Å². The molecule has 0 N–H and O–H groups in total. The Morgan fingerprint density at radius 2 is 1.30 bits per heavy atom. The third-order valence-corrected chi connectivity index (χ3v) is 4.78. The molecule has 0 saturated carbocycles. The molecule has 27 heavy (non-hydrogen) atoms. The molecule has 0 heterocycles. The average molecular weight is 368 g/mol. The van der Waals surface area contributed by atoms with Crippen LogP contribution in [0.15, 0.2) is 60.7 Å². The highest BCUT2D eigenvalue weighted by atomic mass is 16.7. The standard InChI is InChI=1S/C23H28O4/c1-4-6-13-18(3)23(5-2,26-21(24)19-14-9-7-10-15-19)27-22(25)20-16-11-8-12-17-20/h7-12,14-18H,4-6,13H2,1-3H3. The van der Waals surface area contributed by atoms with Gasteiger partial charge in [0.2, 0.25) is 0 Å². The van der Waals surface area contributed by atoms with E-state index in [0.29, 0.717) is 17.5 Å². The molecule has 1 atom stereocenters. The number of carbonyl (C=O) groups is 2. The van der Waals surface area contributed by atoms with Gasteiger partial charge < -0.3 is 9.47 Å². The van der Waals surface area contributed by atoms with Crippen molar-refractivity contribution in [3.8, 4) is 0 Å². The summed E-state index contributed by atoms with van der Waals surface area (Å²) in [4.78, 5) is 25.4. The van der Waals surface area contributed by atoms with E-state index in [1.807, 2.05) is 26.0 Å². The fourth-order valence-electron chi connectivity index (χ4n) is 3.03. The maximum Gasteiger partial charge on any atom is 0.341 e. The molecule has 0 saturated heterocycles. The van der Waals surface area contributed by atoms with E-state index in [9.17, 15) is 9.59 Å². The van der Waals surface area contributed by atoms with Crippen LogP contribution in [0.1, 0.15) is 67.2 Å². The lowest BCUT2D eigenvalue weighted by Gasteiger charge is -2.37. The largest absolute Gasteiger partial charge is 0.419 e. The monoisotopic (exact) mass is 368 g/mol. The van der Waals surface area contributed by atoms with E-state index in [1.54, 1.807) is 48.5 Å². The second kappa shape index (κ2) is 9.91. The van der Waals surface area contributed by atoms with Gasteiger partial charge in [-0.3, -0.25) is 0 Å². The van der Waals surface area contributed by atoms with Crippen LogP contribution >= 0.6 is 0 Å². The van der Waals surface area contributed by atoms with Crippen LogP contribution in [-0.2, 0) is 9.47 Å². The van der Waals surface area contributed by atoms with Crippen molar-refractivity contribution in [2.24, 2.45) is 5.92 Å². The van der Waals surface area contributed by atoms with Gasteiger partial charge in [-0.05, 0) is 30.7 Å². The van der Waals surface area contributed by atoms with E-state index in [-0.39, 0.29) is 5.92 Å². The molecule has 2 rings (SSSR count). The number of hydrogen-bond acceptors (Lipinski definition) is 4. The Balaban J connectivity index is 2.28. The minimum Gasteiger partial charge on any atom is -0.419 e. The van der Waals surface area contributed by atoms with Crippen molar-refractivity contribution >= 4 is 11.9 Å². The second-order valence-corrected chi connectivity index (χ2v) is 6.72. The predicted molar refractivity (Wildman–Crippen MR) is 105 cm³/mol. The highest BCUT2D eigenvalue weighted by Gasteiger charge is 2.42. The number of esters is 2. The van der Waals surface area contributed by atoms with Crippen molar-refractivity contribution in [3.05, 3.63) is 71.8 Å². The normalized spacial score (nSPS) is 12.3. The SMILES string of the molecule is CCCCC(C)C(CC)(OC(=O)c1ccccc1)OC(=O)c1ccccc1. The average Bonchev–Trinajstić information content (AvgIpc) is 2.72. The number of ether oxygens (including phenoxy) is 2. The summed E-state index contributed by atoms with van der Waals surface area (Å²) in [6.07, 6.45) is 3.17. The molecular weight excluding hydrogens is 340 g/mol. The minimum absolute atomic E-state index is 0.122.